The minimum atomic E-state index is -0.409. The lowest BCUT2D eigenvalue weighted by atomic mass is 10.1. The number of halogens is 1. The molecule has 1 aromatic carbocycles. The number of hydrogen-bond acceptors (Lipinski definition) is 5. The first-order valence-electron chi connectivity index (χ1n) is 7.35. The molecule has 6 nitrogen and oxygen atoms in total. The summed E-state index contributed by atoms with van der Waals surface area (Å²) in [6.07, 6.45) is 1.18. The van der Waals surface area contributed by atoms with Gasteiger partial charge in [-0.15, -0.1) is 0 Å². The van der Waals surface area contributed by atoms with Crippen LogP contribution in [0.4, 0.5) is 21.0 Å². The molecule has 1 saturated heterocycles. The maximum atomic E-state index is 13.0. The van der Waals surface area contributed by atoms with Crippen LogP contribution in [0.1, 0.15) is 25.5 Å². The minimum absolute atomic E-state index is 0.0697. The third-order valence-electron chi connectivity index (χ3n) is 3.69. The average molecular weight is 316 g/mol. The van der Waals surface area contributed by atoms with Crippen molar-refractivity contribution in [1.82, 2.24) is 9.97 Å². The number of benzene rings is 1. The molecule has 0 radical (unpaired) electrons. The van der Waals surface area contributed by atoms with Crippen molar-refractivity contribution in [1.29, 1.82) is 0 Å². The molecule has 1 aromatic heterocycles. The Morgan fingerprint density at radius 2 is 2.09 bits per heavy atom. The highest BCUT2D eigenvalue weighted by Crippen LogP contribution is 2.23. The molecule has 0 bridgehead atoms. The van der Waals surface area contributed by atoms with Gasteiger partial charge < -0.3 is 10.1 Å². The predicted molar refractivity (Wildman–Crippen MR) is 83.8 cm³/mol. The Kier molecular flexibility index (Phi) is 4.10. The first-order chi connectivity index (χ1) is 11.0. The highest BCUT2D eigenvalue weighted by atomic mass is 19.1. The van der Waals surface area contributed by atoms with Crippen LogP contribution in [0.15, 0.2) is 36.5 Å². The molecule has 23 heavy (non-hydrogen) atoms. The number of aromatic nitrogens is 2. The van der Waals surface area contributed by atoms with Crippen molar-refractivity contribution in [3.8, 4) is 0 Å². The maximum absolute atomic E-state index is 13.0. The lowest BCUT2D eigenvalue weighted by molar-refractivity contribution is 0.179. The van der Waals surface area contributed by atoms with Gasteiger partial charge in [0.1, 0.15) is 18.2 Å². The number of ether oxygens (including phenoxy) is 1. The van der Waals surface area contributed by atoms with Gasteiger partial charge in [-0.25, -0.2) is 14.2 Å². The van der Waals surface area contributed by atoms with E-state index in [-0.39, 0.29) is 17.9 Å². The molecule has 0 aliphatic carbocycles. The Morgan fingerprint density at radius 3 is 2.74 bits per heavy atom. The van der Waals surface area contributed by atoms with Crippen molar-refractivity contribution in [2.45, 2.75) is 25.9 Å². The van der Waals surface area contributed by atoms with E-state index in [9.17, 15) is 9.18 Å². The van der Waals surface area contributed by atoms with Crippen LogP contribution < -0.4 is 10.2 Å². The fraction of sp³-hybridized carbons (Fsp3) is 0.312. The van der Waals surface area contributed by atoms with E-state index in [1.807, 2.05) is 13.8 Å². The molecule has 7 heteroatoms. The monoisotopic (exact) mass is 316 g/mol. The summed E-state index contributed by atoms with van der Waals surface area (Å²) in [5.74, 6) is 0.607. The molecule has 1 N–H and O–H groups in total. The fourth-order valence-electron chi connectivity index (χ4n) is 2.42. The number of carbonyl (C=O) groups is 1. The zero-order valence-corrected chi connectivity index (χ0v) is 12.9. The van der Waals surface area contributed by atoms with E-state index >= 15 is 0 Å². The molecule has 2 heterocycles. The van der Waals surface area contributed by atoms with Crippen LogP contribution in [0.2, 0.25) is 0 Å². The third kappa shape index (κ3) is 3.23. The van der Waals surface area contributed by atoms with Crippen LogP contribution in [0.3, 0.4) is 0 Å². The standard InChI is InChI=1S/C16H17FN4O2/c1-10-9-23-16(22)21(10)14-7-8-18-15(20-14)19-11(2)12-3-5-13(17)6-4-12/h3-8,10-11H,9H2,1-2H3,(H,18,19,20)/t10-,11?/m1/s1. The predicted octanol–water partition coefficient (Wildman–Crippen LogP) is 3.13. The lowest BCUT2D eigenvalue weighted by Gasteiger charge is -2.19. The highest BCUT2D eigenvalue weighted by Gasteiger charge is 2.32. The molecular weight excluding hydrogens is 299 g/mol. The van der Waals surface area contributed by atoms with Crippen molar-refractivity contribution < 1.29 is 13.9 Å². The molecular formula is C16H17FN4O2. The summed E-state index contributed by atoms with van der Waals surface area (Å²) in [5, 5.41) is 3.15. The third-order valence-corrected chi connectivity index (χ3v) is 3.69. The second kappa shape index (κ2) is 6.20. The summed E-state index contributed by atoms with van der Waals surface area (Å²) in [6, 6.07) is 7.72. The summed E-state index contributed by atoms with van der Waals surface area (Å²) < 4.78 is 18.0. The Balaban J connectivity index is 1.77. The molecule has 1 fully saturated rings. The number of amides is 1. The summed E-state index contributed by atoms with van der Waals surface area (Å²) >= 11 is 0. The molecule has 1 aliphatic rings. The van der Waals surface area contributed by atoms with Crippen LogP contribution in [-0.2, 0) is 4.74 Å². The van der Waals surface area contributed by atoms with E-state index < -0.39 is 6.09 Å². The number of hydrogen-bond donors (Lipinski definition) is 1. The minimum Gasteiger partial charge on any atom is -0.447 e. The van der Waals surface area contributed by atoms with Crippen LogP contribution in [0.5, 0.6) is 0 Å². The number of carbonyl (C=O) groups excluding carboxylic acids is 1. The highest BCUT2D eigenvalue weighted by molar-refractivity contribution is 5.89. The van der Waals surface area contributed by atoms with Crippen molar-refractivity contribution in [2.75, 3.05) is 16.8 Å². The van der Waals surface area contributed by atoms with Crippen molar-refractivity contribution >= 4 is 17.9 Å². The molecule has 3 rings (SSSR count). The molecule has 0 saturated carbocycles. The second-order valence-corrected chi connectivity index (χ2v) is 5.45. The van der Waals surface area contributed by atoms with E-state index in [0.717, 1.165) is 5.56 Å². The van der Waals surface area contributed by atoms with E-state index in [1.54, 1.807) is 24.4 Å². The first kappa shape index (κ1) is 15.2. The normalized spacial score (nSPS) is 18.7. The zero-order chi connectivity index (χ0) is 16.4. The van der Waals surface area contributed by atoms with Crippen LogP contribution in [0, 0.1) is 5.82 Å². The average Bonchev–Trinajstić information content (AvgIpc) is 2.87. The van der Waals surface area contributed by atoms with Gasteiger partial charge in [0, 0.05) is 6.20 Å². The molecule has 2 aromatic rings. The van der Waals surface area contributed by atoms with Gasteiger partial charge in [-0.05, 0) is 37.6 Å². The van der Waals surface area contributed by atoms with Crippen molar-refractivity contribution in [3.63, 3.8) is 0 Å². The summed E-state index contributed by atoms with van der Waals surface area (Å²) in [4.78, 5) is 21.8. The topological polar surface area (TPSA) is 67.4 Å². The molecule has 1 amide bonds. The molecule has 2 atom stereocenters. The van der Waals surface area contributed by atoms with E-state index in [2.05, 4.69) is 15.3 Å². The number of nitrogens with zero attached hydrogens (tertiary/aromatic N) is 3. The summed E-state index contributed by atoms with van der Waals surface area (Å²) in [6.45, 7) is 4.16. The van der Waals surface area contributed by atoms with Crippen LogP contribution >= 0.6 is 0 Å². The van der Waals surface area contributed by atoms with Gasteiger partial charge in [0.25, 0.3) is 0 Å². The lowest BCUT2D eigenvalue weighted by Crippen LogP contribution is -2.31. The molecule has 0 spiro atoms. The molecule has 1 aliphatic heterocycles. The van der Waals surface area contributed by atoms with E-state index in [0.29, 0.717) is 18.4 Å². The summed E-state index contributed by atoms with van der Waals surface area (Å²) in [7, 11) is 0. The van der Waals surface area contributed by atoms with Crippen molar-refractivity contribution in [2.24, 2.45) is 0 Å². The molecule has 120 valence electrons. The number of rotatable bonds is 4. The van der Waals surface area contributed by atoms with Gasteiger partial charge in [0.2, 0.25) is 5.95 Å². The number of cyclic esters (lactones) is 1. The summed E-state index contributed by atoms with van der Waals surface area (Å²) in [5.41, 5.74) is 0.911. The maximum Gasteiger partial charge on any atom is 0.415 e. The molecule has 1 unspecified atom stereocenters. The number of nitrogens with one attached hydrogen (secondary N) is 1. The fourth-order valence-corrected chi connectivity index (χ4v) is 2.42. The zero-order valence-electron chi connectivity index (χ0n) is 12.9. The number of anilines is 2. The van der Waals surface area contributed by atoms with Gasteiger partial charge in [-0.3, -0.25) is 4.90 Å². The van der Waals surface area contributed by atoms with E-state index in [4.69, 9.17) is 4.74 Å². The smallest absolute Gasteiger partial charge is 0.415 e. The van der Waals surface area contributed by atoms with Gasteiger partial charge in [0.05, 0.1) is 12.1 Å². The van der Waals surface area contributed by atoms with E-state index in [1.165, 1.54) is 17.0 Å². The Morgan fingerprint density at radius 1 is 1.35 bits per heavy atom. The van der Waals surface area contributed by atoms with Crippen molar-refractivity contribution in [3.05, 3.63) is 47.9 Å². The van der Waals surface area contributed by atoms with Gasteiger partial charge in [0.15, 0.2) is 0 Å². The Bertz CT molecular complexity index is 707. The Hall–Kier alpha value is -2.70. The largest absolute Gasteiger partial charge is 0.447 e. The van der Waals surface area contributed by atoms with Gasteiger partial charge in [-0.1, -0.05) is 12.1 Å². The second-order valence-electron chi connectivity index (χ2n) is 5.45. The van der Waals surface area contributed by atoms with Crippen LogP contribution in [-0.4, -0.2) is 28.7 Å². The quantitative estimate of drug-likeness (QED) is 0.938. The van der Waals surface area contributed by atoms with Gasteiger partial charge >= 0.3 is 6.09 Å². The first-order valence-corrected chi connectivity index (χ1v) is 7.35. The van der Waals surface area contributed by atoms with Crippen LogP contribution in [0.25, 0.3) is 0 Å². The van der Waals surface area contributed by atoms with Gasteiger partial charge in [-0.2, -0.15) is 4.98 Å². The Labute approximate surface area is 133 Å². The SMILES string of the molecule is CC(Nc1nccc(N2C(=O)OC[C@H]2C)n1)c1ccc(F)cc1.